The van der Waals surface area contributed by atoms with Crippen molar-refractivity contribution in [1.82, 2.24) is 5.32 Å². The Hall–Kier alpha value is -2.52. The highest BCUT2D eigenvalue weighted by Gasteiger charge is 2.49. The van der Waals surface area contributed by atoms with E-state index in [0.29, 0.717) is 18.4 Å². The van der Waals surface area contributed by atoms with E-state index in [0.717, 1.165) is 19.3 Å². The average Bonchev–Trinajstić information content (AvgIpc) is 2.98. The molecule has 9 heteroatoms. The lowest BCUT2D eigenvalue weighted by atomic mass is 9.81. The summed E-state index contributed by atoms with van der Waals surface area (Å²) in [6.45, 7) is 9.18. The number of rotatable bonds is 23. The van der Waals surface area contributed by atoms with Crippen LogP contribution in [0.4, 0.5) is 0 Å². The van der Waals surface area contributed by atoms with Crippen LogP contribution in [0, 0.1) is 5.92 Å². The minimum absolute atomic E-state index is 0.00145. The molecule has 0 heterocycles. The van der Waals surface area contributed by atoms with Gasteiger partial charge in [0.15, 0.2) is 5.60 Å². The molecule has 1 aromatic carbocycles. The summed E-state index contributed by atoms with van der Waals surface area (Å²) < 4.78 is 10.5. The summed E-state index contributed by atoms with van der Waals surface area (Å²) in [5.74, 6) is -1.00. The Morgan fingerprint density at radius 3 is 2.07 bits per heavy atom. The fourth-order valence-corrected chi connectivity index (χ4v) is 6.04. The summed E-state index contributed by atoms with van der Waals surface area (Å²) in [4.78, 5) is 39.8. The Labute approximate surface area is 276 Å². The summed E-state index contributed by atoms with van der Waals surface area (Å²) in [7, 11) is 1.23. The predicted molar refractivity (Wildman–Crippen MR) is 183 cm³/mol. The lowest BCUT2D eigenvalue weighted by Crippen LogP contribution is -2.56. The zero-order chi connectivity index (χ0) is 33.7. The first-order chi connectivity index (χ1) is 21.4. The monoisotopic (exact) mass is 649 g/mol. The van der Waals surface area contributed by atoms with Gasteiger partial charge in [-0.05, 0) is 82.1 Å². The quantitative estimate of drug-likeness (QED) is 0.0642. The van der Waals surface area contributed by atoms with Crippen molar-refractivity contribution in [2.75, 3.05) is 18.6 Å². The Kier molecular flexibility index (Phi) is 19.9. The van der Waals surface area contributed by atoms with Crippen LogP contribution in [0.3, 0.4) is 0 Å². The number of carbonyl (C=O) groups excluding carboxylic acids is 3. The second kappa shape index (κ2) is 22.1. The predicted octanol–water partition coefficient (Wildman–Crippen LogP) is 7.29. The molecule has 3 N–H and O–H groups in total. The van der Waals surface area contributed by atoms with E-state index in [1.807, 2.05) is 24.8 Å². The van der Waals surface area contributed by atoms with Crippen molar-refractivity contribution in [2.45, 2.75) is 135 Å². The van der Waals surface area contributed by atoms with Gasteiger partial charge in [-0.1, -0.05) is 83.1 Å². The molecule has 0 saturated carbocycles. The van der Waals surface area contributed by atoms with Crippen LogP contribution in [0.1, 0.15) is 117 Å². The number of ether oxygens (including phenoxy) is 2. The SMILES string of the molecule is CCCCCCCSCCCCCC/C=C/[C@H](C(=O)N[C@@H](Cc1ccc(O)cc1)C(=O)OC)[C@@](O)(CCC)C(=O)OC(C)(C)C. The van der Waals surface area contributed by atoms with Crippen LogP contribution in [-0.2, 0) is 30.3 Å². The van der Waals surface area contributed by atoms with Crippen LogP contribution in [0.2, 0.25) is 0 Å². The van der Waals surface area contributed by atoms with E-state index >= 15 is 0 Å². The summed E-state index contributed by atoms with van der Waals surface area (Å²) >= 11 is 2.04. The number of benzene rings is 1. The molecule has 0 aliphatic carbocycles. The van der Waals surface area contributed by atoms with Gasteiger partial charge in [-0.15, -0.1) is 0 Å². The largest absolute Gasteiger partial charge is 0.508 e. The van der Waals surface area contributed by atoms with E-state index < -0.39 is 41.0 Å². The molecule has 0 aromatic heterocycles. The number of allylic oxidation sites excluding steroid dienone is 1. The number of methoxy groups -OCH3 is 1. The molecule has 0 saturated heterocycles. The molecule has 0 fully saturated rings. The molecular weight excluding hydrogens is 590 g/mol. The highest BCUT2D eigenvalue weighted by molar-refractivity contribution is 7.99. The van der Waals surface area contributed by atoms with Gasteiger partial charge >= 0.3 is 11.9 Å². The number of thioether (sulfide) groups is 1. The van der Waals surface area contributed by atoms with Crippen LogP contribution in [0.15, 0.2) is 36.4 Å². The molecule has 0 unspecified atom stereocenters. The number of phenolic OH excluding ortho intramolecular Hbond substituents is 1. The summed E-state index contributed by atoms with van der Waals surface area (Å²) in [5.41, 5.74) is -2.31. The molecule has 256 valence electrons. The molecule has 3 atom stereocenters. The first-order valence-electron chi connectivity index (χ1n) is 16.7. The summed E-state index contributed by atoms with van der Waals surface area (Å²) in [6, 6.07) is 5.22. The van der Waals surface area contributed by atoms with Gasteiger partial charge in [-0.2, -0.15) is 11.8 Å². The van der Waals surface area contributed by atoms with E-state index in [1.165, 1.54) is 69.3 Å². The van der Waals surface area contributed by atoms with Crippen LogP contribution in [-0.4, -0.2) is 63.9 Å². The zero-order valence-corrected chi connectivity index (χ0v) is 29.4. The molecule has 1 aromatic rings. The number of aliphatic hydroxyl groups is 1. The molecule has 0 aliphatic rings. The van der Waals surface area contributed by atoms with E-state index in [9.17, 15) is 24.6 Å². The van der Waals surface area contributed by atoms with Crippen LogP contribution < -0.4 is 5.32 Å². The Morgan fingerprint density at radius 1 is 0.911 bits per heavy atom. The minimum atomic E-state index is -2.13. The second-order valence-electron chi connectivity index (χ2n) is 12.8. The Morgan fingerprint density at radius 2 is 1.51 bits per heavy atom. The van der Waals surface area contributed by atoms with Crippen molar-refractivity contribution in [3.8, 4) is 5.75 Å². The van der Waals surface area contributed by atoms with Crippen molar-refractivity contribution in [2.24, 2.45) is 5.92 Å². The summed E-state index contributed by atoms with van der Waals surface area (Å²) in [5, 5.41) is 24.1. The van der Waals surface area contributed by atoms with E-state index in [2.05, 4.69) is 12.2 Å². The van der Waals surface area contributed by atoms with Gasteiger partial charge in [0.2, 0.25) is 5.91 Å². The topological polar surface area (TPSA) is 122 Å². The number of amides is 1. The number of aromatic hydroxyl groups is 1. The van der Waals surface area contributed by atoms with Crippen LogP contribution in [0.5, 0.6) is 5.75 Å². The number of unbranched alkanes of at least 4 members (excludes halogenated alkanes) is 8. The minimum Gasteiger partial charge on any atom is -0.508 e. The number of carbonyl (C=O) groups is 3. The molecule has 1 amide bonds. The molecule has 0 aliphatic heterocycles. The van der Waals surface area contributed by atoms with Crippen molar-refractivity contribution < 1.29 is 34.1 Å². The van der Waals surface area contributed by atoms with Gasteiger partial charge < -0.3 is 25.0 Å². The van der Waals surface area contributed by atoms with Gasteiger partial charge in [0.1, 0.15) is 17.4 Å². The maximum absolute atomic E-state index is 13.8. The van der Waals surface area contributed by atoms with Gasteiger partial charge in [0, 0.05) is 6.42 Å². The molecular formula is C36H59NO7S. The molecule has 45 heavy (non-hydrogen) atoms. The van der Waals surface area contributed by atoms with Gasteiger partial charge in [0.05, 0.1) is 13.0 Å². The van der Waals surface area contributed by atoms with Crippen LogP contribution in [0.25, 0.3) is 0 Å². The first kappa shape index (κ1) is 40.5. The molecule has 1 rings (SSSR count). The number of hydrogen-bond donors (Lipinski definition) is 3. The third-order valence-electron chi connectivity index (χ3n) is 7.49. The Balaban J connectivity index is 2.94. The van der Waals surface area contributed by atoms with Crippen molar-refractivity contribution in [1.29, 1.82) is 0 Å². The second-order valence-corrected chi connectivity index (χ2v) is 14.0. The Bertz CT molecular complexity index is 1020. The molecule has 0 bridgehead atoms. The van der Waals surface area contributed by atoms with Gasteiger partial charge in [-0.3, -0.25) is 4.79 Å². The maximum Gasteiger partial charge on any atom is 0.339 e. The third-order valence-corrected chi connectivity index (χ3v) is 8.64. The lowest BCUT2D eigenvalue weighted by molar-refractivity contribution is -0.184. The molecule has 8 nitrogen and oxygen atoms in total. The fourth-order valence-electron chi connectivity index (χ4n) is 5.02. The van der Waals surface area contributed by atoms with Crippen molar-refractivity contribution in [3.63, 3.8) is 0 Å². The van der Waals surface area contributed by atoms with Crippen LogP contribution >= 0.6 is 11.8 Å². The standard InChI is InChI=1S/C36H59NO7S/c1-7-9-10-14-17-25-45-26-18-15-12-11-13-16-19-30(36(42,24-8-2)34(41)44-35(3,4)5)32(39)37-31(33(40)43-6)27-28-20-22-29(38)23-21-28/h16,19-23,30-31,38,42H,7-15,17-18,24-27H2,1-6H3,(H,37,39)/b19-16+/t30-,31+,36+/m1/s1. The molecule has 0 radical (unpaired) electrons. The van der Waals surface area contributed by atoms with E-state index in [4.69, 9.17) is 9.47 Å². The third kappa shape index (κ3) is 16.6. The van der Waals surface area contributed by atoms with Crippen molar-refractivity contribution in [3.05, 3.63) is 42.0 Å². The highest BCUT2D eigenvalue weighted by Crippen LogP contribution is 2.30. The first-order valence-corrected chi connectivity index (χ1v) is 17.9. The van der Waals surface area contributed by atoms with Gasteiger partial charge in [0.25, 0.3) is 0 Å². The number of hydrogen-bond acceptors (Lipinski definition) is 8. The number of nitrogens with one attached hydrogen (secondary N) is 1. The normalized spacial score (nSPS) is 14.5. The molecule has 0 spiro atoms. The number of phenols is 1. The lowest BCUT2D eigenvalue weighted by Gasteiger charge is -2.34. The highest BCUT2D eigenvalue weighted by atomic mass is 32.2. The van der Waals surface area contributed by atoms with E-state index in [-0.39, 0.29) is 18.6 Å². The van der Waals surface area contributed by atoms with Gasteiger partial charge in [-0.25, -0.2) is 9.59 Å². The number of esters is 2. The van der Waals surface area contributed by atoms with Crippen molar-refractivity contribution >= 4 is 29.6 Å². The zero-order valence-electron chi connectivity index (χ0n) is 28.6. The van der Waals surface area contributed by atoms with E-state index in [1.54, 1.807) is 39.0 Å². The maximum atomic E-state index is 13.8. The smallest absolute Gasteiger partial charge is 0.339 e. The summed E-state index contributed by atoms with van der Waals surface area (Å²) in [6.07, 6.45) is 15.5. The fraction of sp³-hybridized carbons (Fsp3) is 0.694. The average molecular weight is 650 g/mol.